The first-order chi connectivity index (χ1) is 23.2. The van der Waals surface area contributed by atoms with Gasteiger partial charge < -0.3 is 9.80 Å². The lowest BCUT2D eigenvalue weighted by atomic mass is 9.93. The maximum atomic E-state index is 2.51. The summed E-state index contributed by atoms with van der Waals surface area (Å²) in [5.41, 5.74) is 13.6. The van der Waals surface area contributed by atoms with Gasteiger partial charge in [0.25, 0.3) is 0 Å². The van der Waals surface area contributed by atoms with Gasteiger partial charge in [0.2, 0.25) is 0 Å². The summed E-state index contributed by atoms with van der Waals surface area (Å²) in [6.45, 7) is 8.08. The number of hydrogen-bond acceptors (Lipinski definition) is 2. The second-order valence-corrected chi connectivity index (χ2v) is 12.4. The predicted molar refractivity (Wildman–Crippen MR) is 200 cm³/mol. The van der Waals surface area contributed by atoms with Gasteiger partial charge in [0, 0.05) is 37.6 Å². The van der Waals surface area contributed by atoms with Gasteiger partial charge in [-0.05, 0) is 88.0 Å². The van der Waals surface area contributed by atoms with E-state index in [1.54, 1.807) is 0 Å². The van der Waals surface area contributed by atoms with Crippen molar-refractivity contribution in [3.05, 3.63) is 202 Å². The molecule has 0 N–H and O–H groups in total. The van der Waals surface area contributed by atoms with E-state index in [9.17, 15) is 0 Å². The molecule has 0 saturated heterocycles. The molecule has 236 valence electrons. The van der Waals surface area contributed by atoms with Crippen LogP contribution < -0.4 is 9.80 Å². The number of rotatable bonds is 14. The topological polar surface area (TPSA) is 6.48 Å². The third kappa shape index (κ3) is 8.60. The van der Waals surface area contributed by atoms with Crippen molar-refractivity contribution in [2.24, 2.45) is 0 Å². The van der Waals surface area contributed by atoms with E-state index in [0.29, 0.717) is 0 Å². The minimum absolute atomic E-state index is 0.877. The molecule has 0 amide bonds. The largest absolute Gasteiger partial charge is 0.363 e. The standard InChI is InChI=1S/C45H46N2/c1-3-40-30-44(46(32-36-17-9-5-10-18-36)33-37-19-11-6-12-20-37)27-25-42(40)29-43-26-28-45(31-41(43)4-2)47(34-38-21-13-7-14-22-38)35-39-23-15-8-16-24-39/h5-28,30-31H,3-4,29,32-35H2,1-2H3. The van der Waals surface area contributed by atoms with Gasteiger partial charge in [-0.1, -0.05) is 147 Å². The Bertz CT molecular complexity index is 1600. The molecule has 0 spiro atoms. The van der Waals surface area contributed by atoms with E-state index in [-0.39, 0.29) is 0 Å². The molecular formula is C45H46N2. The molecule has 0 aliphatic carbocycles. The van der Waals surface area contributed by atoms with E-state index in [1.165, 1.54) is 55.9 Å². The number of benzene rings is 6. The minimum atomic E-state index is 0.877. The number of nitrogens with zero attached hydrogens (tertiary/aromatic N) is 2. The van der Waals surface area contributed by atoms with Crippen molar-refractivity contribution in [2.75, 3.05) is 9.80 Å². The van der Waals surface area contributed by atoms with Gasteiger partial charge in [-0.2, -0.15) is 0 Å². The van der Waals surface area contributed by atoms with Crippen LogP contribution in [-0.2, 0) is 45.4 Å². The van der Waals surface area contributed by atoms with Gasteiger partial charge >= 0.3 is 0 Å². The van der Waals surface area contributed by atoms with Gasteiger partial charge in [-0.25, -0.2) is 0 Å². The van der Waals surface area contributed by atoms with E-state index in [2.05, 4.69) is 181 Å². The summed E-state index contributed by atoms with van der Waals surface area (Å²) in [5.74, 6) is 0. The Hall–Kier alpha value is -5.08. The zero-order valence-electron chi connectivity index (χ0n) is 27.9. The highest BCUT2D eigenvalue weighted by atomic mass is 15.1. The van der Waals surface area contributed by atoms with Gasteiger partial charge in [0.05, 0.1) is 0 Å². The molecule has 6 aromatic carbocycles. The van der Waals surface area contributed by atoms with Crippen LogP contribution in [0, 0.1) is 0 Å². The zero-order valence-corrected chi connectivity index (χ0v) is 27.9. The van der Waals surface area contributed by atoms with Crippen LogP contribution in [0.3, 0.4) is 0 Å². The lowest BCUT2D eigenvalue weighted by Gasteiger charge is -2.27. The van der Waals surface area contributed by atoms with E-state index < -0.39 is 0 Å². The van der Waals surface area contributed by atoms with Crippen LogP contribution in [0.1, 0.15) is 58.4 Å². The van der Waals surface area contributed by atoms with Crippen molar-refractivity contribution in [3.63, 3.8) is 0 Å². The number of anilines is 2. The molecule has 0 fully saturated rings. The monoisotopic (exact) mass is 614 g/mol. The highest BCUT2D eigenvalue weighted by Crippen LogP contribution is 2.29. The summed E-state index contributed by atoms with van der Waals surface area (Å²) < 4.78 is 0. The summed E-state index contributed by atoms with van der Waals surface area (Å²) in [5, 5.41) is 0. The first-order valence-electron chi connectivity index (χ1n) is 17.1. The third-order valence-corrected chi connectivity index (χ3v) is 9.12. The second-order valence-electron chi connectivity index (χ2n) is 12.4. The van der Waals surface area contributed by atoms with Crippen LogP contribution in [0.2, 0.25) is 0 Å². The third-order valence-electron chi connectivity index (χ3n) is 9.12. The molecule has 6 aromatic rings. The van der Waals surface area contributed by atoms with Gasteiger partial charge in [0.15, 0.2) is 0 Å². The van der Waals surface area contributed by atoms with E-state index >= 15 is 0 Å². The molecule has 0 bridgehead atoms. The number of aryl methyl sites for hydroxylation is 2. The van der Waals surface area contributed by atoms with Gasteiger partial charge in [-0.15, -0.1) is 0 Å². The Morgan fingerprint density at radius 2 is 0.638 bits per heavy atom. The molecule has 47 heavy (non-hydrogen) atoms. The fourth-order valence-electron chi connectivity index (χ4n) is 6.52. The van der Waals surface area contributed by atoms with Crippen LogP contribution in [0.15, 0.2) is 158 Å². The van der Waals surface area contributed by atoms with Crippen molar-refractivity contribution in [1.82, 2.24) is 0 Å². The van der Waals surface area contributed by atoms with Gasteiger partial charge in [0.1, 0.15) is 0 Å². The quantitative estimate of drug-likeness (QED) is 0.120. The Balaban J connectivity index is 1.26. The minimum Gasteiger partial charge on any atom is -0.363 e. The van der Waals surface area contributed by atoms with Crippen molar-refractivity contribution < 1.29 is 0 Å². The SMILES string of the molecule is CCc1cc(N(Cc2ccccc2)Cc2ccccc2)ccc1Cc1ccc(N(Cc2ccccc2)Cc2ccccc2)cc1CC. The van der Waals surface area contributed by atoms with Crippen LogP contribution >= 0.6 is 0 Å². The Morgan fingerprint density at radius 1 is 0.340 bits per heavy atom. The average Bonchev–Trinajstić information content (AvgIpc) is 3.13. The van der Waals surface area contributed by atoms with E-state index in [1.807, 2.05) is 0 Å². The molecule has 2 nitrogen and oxygen atoms in total. The summed E-state index contributed by atoms with van der Waals surface area (Å²) in [6, 6.07) is 57.5. The smallest absolute Gasteiger partial charge is 0.0433 e. The highest BCUT2D eigenvalue weighted by Gasteiger charge is 2.15. The molecule has 0 aliphatic rings. The lowest BCUT2D eigenvalue weighted by molar-refractivity contribution is 0.797. The van der Waals surface area contributed by atoms with E-state index in [4.69, 9.17) is 0 Å². The molecule has 0 unspecified atom stereocenters. The molecule has 0 atom stereocenters. The maximum Gasteiger partial charge on any atom is 0.0433 e. The number of hydrogen-bond donors (Lipinski definition) is 0. The van der Waals surface area contributed by atoms with Crippen molar-refractivity contribution in [2.45, 2.75) is 59.3 Å². The highest BCUT2D eigenvalue weighted by molar-refractivity contribution is 5.56. The van der Waals surface area contributed by atoms with Gasteiger partial charge in [-0.3, -0.25) is 0 Å². The molecule has 0 aromatic heterocycles. The normalized spacial score (nSPS) is 10.9. The Morgan fingerprint density at radius 3 is 0.915 bits per heavy atom. The van der Waals surface area contributed by atoms with Crippen LogP contribution in [-0.4, -0.2) is 0 Å². The van der Waals surface area contributed by atoms with Crippen molar-refractivity contribution in [3.8, 4) is 0 Å². The fraction of sp³-hybridized carbons (Fsp3) is 0.200. The van der Waals surface area contributed by atoms with Crippen molar-refractivity contribution >= 4 is 11.4 Å². The lowest BCUT2D eigenvalue weighted by Crippen LogP contribution is -2.22. The van der Waals surface area contributed by atoms with Crippen LogP contribution in [0.25, 0.3) is 0 Å². The Labute approximate surface area is 282 Å². The first kappa shape index (κ1) is 31.9. The molecule has 0 saturated carbocycles. The van der Waals surface area contributed by atoms with Crippen LogP contribution in [0.4, 0.5) is 11.4 Å². The predicted octanol–water partition coefficient (Wildman–Crippen LogP) is 10.8. The summed E-state index contributed by atoms with van der Waals surface area (Å²) >= 11 is 0. The van der Waals surface area contributed by atoms with Crippen molar-refractivity contribution in [1.29, 1.82) is 0 Å². The summed E-state index contributed by atoms with van der Waals surface area (Å²) in [4.78, 5) is 5.02. The van der Waals surface area contributed by atoms with E-state index in [0.717, 1.165) is 45.4 Å². The first-order valence-corrected chi connectivity index (χ1v) is 17.1. The second kappa shape index (κ2) is 16.0. The molecule has 2 heteroatoms. The molecular weight excluding hydrogens is 569 g/mol. The molecule has 0 aliphatic heterocycles. The fourth-order valence-corrected chi connectivity index (χ4v) is 6.52. The molecule has 0 heterocycles. The molecule has 6 rings (SSSR count). The average molecular weight is 615 g/mol. The summed E-state index contributed by atoms with van der Waals surface area (Å²) in [6.07, 6.45) is 2.96. The maximum absolute atomic E-state index is 2.51. The summed E-state index contributed by atoms with van der Waals surface area (Å²) in [7, 11) is 0. The molecule has 0 radical (unpaired) electrons. The van der Waals surface area contributed by atoms with Crippen LogP contribution in [0.5, 0.6) is 0 Å². The Kier molecular flexibility index (Phi) is 10.8. The zero-order chi connectivity index (χ0) is 32.3.